The summed E-state index contributed by atoms with van der Waals surface area (Å²) in [7, 11) is 0. The van der Waals surface area contributed by atoms with Gasteiger partial charge in [0.2, 0.25) is 5.91 Å². The second-order valence-electron chi connectivity index (χ2n) is 7.47. The first-order valence-corrected chi connectivity index (χ1v) is 12.0. The molecule has 3 amide bonds. The van der Waals surface area contributed by atoms with Gasteiger partial charge in [-0.05, 0) is 42.3 Å². The van der Waals surface area contributed by atoms with E-state index < -0.39 is 11.9 Å². The van der Waals surface area contributed by atoms with Gasteiger partial charge in [-0.25, -0.2) is 9.78 Å². The number of amides is 3. The molecule has 0 aliphatic carbocycles. The summed E-state index contributed by atoms with van der Waals surface area (Å²) in [4.78, 5) is 42.9. The molecule has 0 bridgehead atoms. The van der Waals surface area contributed by atoms with E-state index in [2.05, 4.69) is 29.5 Å². The highest BCUT2D eigenvalue weighted by Gasteiger charge is 2.15. The number of nitrogens with one attached hydrogen (secondary N) is 2. The van der Waals surface area contributed by atoms with Gasteiger partial charge in [0.1, 0.15) is 0 Å². The molecule has 3 rings (SSSR count). The number of thioether (sulfide) groups is 1. The van der Waals surface area contributed by atoms with Gasteiger partial charge in [-0.15, -0.1) is 11.3 Å². The lowest BCUT2D eigenvalue weighted by Gasteiger charge is -2.14. The Labute approximate surface area is 189 Å². The Hall–Kier alpha value is -2.65. The number of rotatable bonds is 9. The second kappa shape index (κ2) is 11.1. The smallest absolute Gasteiger partial charge is 0.321 e. The molecule has 0 aliphatic rings. The van der Waals surface area contributed by atoms with Gasteiger partial charge in [0.25, 0.3) is 5.56 Å². The minimum absolute atomic E-state index is 0.00912. The fourth-order valence-corrected chi connectivity index (χ4v) is 4.47. The molecule has 0 aliphatic heterocycles. The largest absolute Gasteiger partial charge is 0.337 e. The lowest BCUT2D eigenvalue weighted by Crippen LogP contribution is -2.41. The van der Waals surface area contributed by atoms with Crippen LogP contribution >= 0.6 is 23.1 Å². The van der Waals surface area contributed by atoms with E-state index in [-0.39, 0.29) is 11.3 Å². The molecule has 2 aromatic heterocycles. The van der Waals surface area contributed by atoms with Crippen LogP contribution in [0.4, 0.5) is 4.79 Å². The molecule has 0 radical (unpaired) electrons. The summed E-state index contributed by atoms with van der Waals surface area (Å²) >= 11 is 2.79. The first-order chi connectivity index (χ1) is 14.9. The molecule has 9 heteroatoms. The summed E-state index contributed by atoms with van der Waals surface area (Å²) in [5.74, 6) is -0.0148. The zero-order valence-electron chi connectivity index (χ0n) is 17.6. The number of carbonyl (C=O) groups is 2. The number of hydrogen-bond acceptors (Lipinski definition) is 6. The summed E-state index contributed by atoms with van der Waals surface area (Å²) < 4.78 is 1.63. The number of para-hydroxylation sites is 1. The molecular formula is C22H26N4O3S2. The van der Waals surface area contributed by atoms with Crippen LogP contribution in [-0.4, -0.2) is 33.8 Å². The van der Waals surface area contributed by atoms with Crippen molar-refractivity contribution < 1.29 is 9.59 Å². The van der Waals surface area contributed by atoms with E-state index in [9.17, 15) is 14.4 Å². The SMILES string of the molecule is CC(C)CCn1c(SCC(=O)NC(=O)NCCc2cccs2)nc2ccccc2c1=O. The first-order valence-electron chi connectivity index (χ1n) is 10.2. The van der Waals surface area contributed by atoms with Crippen LogP contribution in [0.25, 0.3) is 10.9 Å². The summed E-state index contributed by atoms with van der Waals surface area (Å²) in [6.07, 6.45) is 1.55. The molecular weight excluding hydrogens is 432 g/mol. The molecule has 3 aromatic rings. The van der Waals surface area contributed by atoms with E-state index in [0.29, 0.717) is 35.1 Å². The molecule has 0 unspecified atom stereocenters. The van der Waals surface area contributed by atoms with E-state index >= 15 is 0 Å². The maximum atomic E-state index is 12.9. The van der Waals surface area contributed by atoms with Crippen LogP contribution in [0.15, 0.2) is 51.7 Å². The predicted octanol–water partition coefficient (Wildman–Crippen LogP) is 3.66. The third-order valence-corrected chi connectivity index (χ3v) is 6.49. The van der Waals surface area contributed by atoms with Crippen molar-refractivity contribution in [2.45, 2.75) is 38.4 Å². The summed E-state index contributed by atoms with van der Waals surface area (Å²) in [6.45, 7) is 5.17. The third-order valence-electron chi connectivity index (χ3n) is 4.58. The number of fused-ring (bicyclic) bond motifs is 1. The Morgan fingerprint density at radius 2 is 2.00 bits per heavy atom. The lowest BCUT2D eigenvalue weighted by atomic mass is 10.1. The van der Waals surface area contributed by atoms with Gasteiger partial charge in [-0.2, -0.15) is 0 Å². The Kier molecular flexibility index (Phi) is 8.25. The van der Waals surface area contributed by atoms with Crippen LogP contribution in [0.1, 0.15) is 25.1 Å². The molecule has 2 heterocycles. The van der Waals surface area contributed by atoms with Crippen molar-refractivity contribution in [3.05, 3.63) is 57.0 Å². The van der Waals surface area contributed by atoms with E-state index in [0.717, 1.165) is 24.6 Å². The van der Waals surface area contributed by atoms with Gasteiger partial charge >= 0.3 is 6.03 Å². The summed E-state index contributed by atoms with van der Waals surface area (Å²) in [5.41, 5.74) is 0.489. The average molecular weight is 459 g/mol. The molecule has 0 fully saturated rings. The van der Waals surface area contributed by atoms with Crippen molar-refractivity contribution in [1.29, 1.82) is 0 Å². The molecule has 31 heavy (non-hydrogen) atoms. The van der Waals surface area contributed by atoms with E-state index in [1.165, 1.54) is 4.88 Å². The molecule has 0 saturated carbocycles. The number of carbonyl (C=O) groups excluding carboxylic acids is 2. The van der Waals surface area contributed by atoms with Crippen molar-refractivity contribution in [3.8, 4) is 0 Å². The van der Waals surface area contributed by atoms with Crippen LogP contribution in [0.5, 0.6) is 0 Å². The highest BCUT2D eigenvalue weighted by atomic mass is 32.2. The van der Waals surface area contributed by atoms with E-state index in [1.807, 2.05) is 29.6 Å². The van der Waals surface area contributed by atoms with Gasteiger partial charge in [0.05, 0.1) is 16.7 Å². The minimum atomic E-state index is -0.522. The number of thiophene rings is 1. The highest BCUT2D eigenvalue weighted by molar-refractivity contribution is 7.99. The van der Waals surface area contributed by atoms with Crippen LogP contribution in [0.2, 0.25) is 0 Å². The molecule has 1 aromatic carbocycles. The number of imide groups is 1. The normalized spacial score (nSPS) is 11.1. The van der Waals surface area contributed by atoms with E-state index in [4.69, 9.17) is 0 Å². The van der Waals surface area contributed by atoms with Gasteiger partial charge in [0.15, 0.2) is 5.16 Å². The summed E-state index contributed by atoms with van der Waals surface area (Å²) in [5, 5.41) is 8.04. The molecule has 0 spiro atoms. The zero-order chi connectivity index (χ0) is 22.2. The topological polar surface area (TPSA) is 93.1 Å². The van der Waals surface area contributed by atoms with Crippen molar-refractivity contribution in [2.24, 2.45) is 5.92 Å². The number of benzene rings is 1. The molecule has 7 nitrogen and oxygen atoms in total. The number of urea groups is 1. The highest BCUT2D eigenvalue weighted by Crippen LogP contribution is 2.18. The van der Waals surface area contributed by atoms with Crippen LogP contribution < -0.4 is 16.2 Å². The fourth-order valence-electron chi connectivity index (χ4n) is 2.93. The van der Waals surface area contributed by atoms with Crippen molar-refractivity contribution in [3.63, 3.8) is 0 Å². The van der Waals surface area contributed by atoms with Crippen molar-refractivity contribution >= 4 is 45.9 Å². The van der Waals surface area contributed by atoms with Gasteiger partial charge in [-0.3, -0.25) is 19.5 Å². The fraction of sp³-hybridized carbons (Fsp3) is 0.364. The standard InChI is InChI=1S/C22H26N4O3S2/c1-15(2)10-12-26-20(28)17-7-3-4-8-18(17)24-22(26)31-14-19(27)25-21(29)23-11-9-16-6-5-13-30-16/h3-8,13,15H,9-12,14H2,1-2H3,(H2,23,25,27,29). The molecule has 0 saturated heterocycles. The average Bonchev–Trinajstić information content (AvgIpc) is 3.25. The Bertz CT molecular complexity index is 1090. The quantitative estimate of drug-likeness (QED) is 0.377. The molecule has 0 atom stereocenters. The predicted molar refractivity (Wildman–Crippen MR) is 126 cm³/mol. The number of aromatic nitrogens is 2. The molecule has 164 valence electrons. The van der Waals surface area contributed by atoms with Crippen LogP contribution in [0, 0.1) is 5.92 Å². The molecule has 2 N–H and O–H groups in total. The second-order valence-corrected chi connectivity index (χ2v) is 9.45. The van der Waals surface area contributed by atoms with Crippen LogP contribution in [0.3, 0.4) is 0 Å². The maximum absolute atomic E-state index is 12.9. The monoisotopic (exact) mass is 458 g/mol. The maximum Gasteiger partial charge on any atom is 0.321 e. The summed E-state index contributed by atoms with van der Waals surface area (Å²) in [6, 6.07) is 10.6. The third kappa shape index (κ3) is 6.67. The number of hydrogen-bond donors (Lipinski definition) is 2. The Morgan fingerprint density at radius 3 is 2.74 bits per heavy atom. The van der Waals surface area contributed by atoms with Crippen molar-refractivity contribution in [1.82, 2.24) is 20.2 Å². The minimum Gasteiger partial charge on any atom is -0.337 e. The van der Waals surface area contributed by atoms with Gasteiger partial charge in [0, 0.05) is 18.0 Å². The van der Waals surface area contributed by atoms with E-state index in [1.54, 1.807) is 28.0 Å². The Morgan fingerprint density at radius 1 is 1.19 bits per heavy atom. The van der Waals surface area contributed by atoms with Gasteiger partial charge < -0.3 is 5.32 Å². The Balaban J connectivity index is 1.60. The zero-order valence-corrected chi connectivity index (χ0v) is 19.2. The van der Waals surface area contributed by atoms with Gasteiger partial charge in [-0.1, -0.05) is 43.8 Å². The number of nitrogens with zero attached hydrogens (tertiary/aromatic N) is 2. The lowest BCUT2D eigenvalue weighted by molar-refractivity contribution is -0.117. The van der Waals surface area contributed by atoms with Crippen LogP contribution in [-0.2, 0) is 17.8 Å². The van der Waals surface area contributed by atoms with Crippen molar-refractivity contribution in [2.75, 3.05) is 12.3 Å². The first kappa shape index (κ1) is 23.0.